The molecule has 1 aromatic carbocycles. The van der Waals surface area contributed by atoms with Crippen molar-refractivity contribution in [3.05, 3.63) is 40.1 Å². The van der Waals surface area contributed by atoms with Gasteiger partial charge in [0.1, 0.15) is 5.82 Å². The summed E-state index contributed by atoms with van der Waals surface area (Å²) in [5.74, 6) is -0.248. The van der Waals surface area contributed by atoms with E-state index in [0.29, 0.717) is 16.6 Å². The molecule has 0 aliphatic carbocycles. The summed E-state index contributed by atoms with van der Waals surface area (Å²) in [6.07, 6.45) is 3.38. The van der Waals surface area contributed by atoms with E-state index in [1.807, 2.05) is 0 Å². The number of hydrogen-bond acceptors (Lipinski definition) is 1. The Kier molecular flexibility index (Phi) is 3.44. The van der Waals surface area contributed by atoms with Gasteiger partial charge in [-0.2, -0.15) is 0 Å². The van der Waals surface area contributed by atoms with Gasteiger partial charge in [-0.3, -0.25) is 0 Å². The van der Waals surface area contributed by atoms with Gasteiger partial charge in [-0.15, -0.1) is 0 Å². The fourth-order valence-corrected chi connectivity index (χ4v) is 1.23. The third kappa shape index (κ3) is 2.16. The Labute approximate surface area is 79.2 Å². The van der Waals surface area contributed by atoms with Gasteiger partial charge in [0.2, 0.25) is 0 Å². The Morgan fingerprint density at radius 1 is 1.50 bits per heavy atom. The predicted molar refractivity (Wildman–Crippen MR) is 52.2 cm³/mol. The maximum atomic E-state index is 13.2. The van der Waals surface area contributed by atoms with Gasteiger partial charge in [0.05, 0.1) is 4.47 Å². The van der Waals surface area contributed by atoms with E-state index in [1.165, 1.54) is 0 Å². The molecule has 1 aromatic rings. The molecule has 0 saturated heterocycles. The first-order chi connectivity index (χ1) is 5.75. The van der Waals surface area contributed by atoms with Crippen molar-refractivity contribution < 1.29 is 4.39 Å². The zero-order chi connectivity index (χ0) is 8.97. The van der Waals surface area contributed by atoms with Crippen LogP contribution in [0, 0.1) is 5.82 Å². The molecule has 0 radical (unpaired) electrons. The summed E-state index contributed by atoms with van der Waals surface area (Å²) in [5.41, 5.74) is 5.79. The predicted octanol–water partition coefficient (Wildman–Crippen LogP) is 2.56. The van der Waals surface area contributed by atoms with Gasteiger partial charge in [-0.05, 0) is 22.0 Å². The largest absolute Gasteiger partial charge is 0.327 e. The fraction of sp³-hybridized carbons (Fsp3) is 0.111. The van der Waals surface area contributed by atoms with Crippen LogP contribution in [-0.2, 0) is 0 Å². The summed E-state index contributed by atoms with van der Waals surface area (Å²) in [6, 6.07) is 5.14. The molecule has 0 heterocycles. The number of hydrogen-bond donors (Lipinski definition) is 1. The van der Waals surface area contributed by atoms with Crippen LogP contribution in [0.25, 0.3) is 6.08 Å². The molecule has 0 saturated carbocycles. The summed E-state index contributed by atoms with van der Waals surface area (Å²) in [5, 5.41) is 0. The van der Waals surface area contributed by atoms with Gasteiger partial charge in [-0.25, -0.2) is 4.39 Å². The Hall–Kier alpha value is -0.670. The van der Waals surface area contributed by atoms with E-state index in [1.54, 1.807) is 30.4 Å². The van der Waals surface area contributed by atoms with Crippen molar-refractivity contribution in [2.75, 3.05) is 6.54 Å². The smallest absolute Gasteiger partial charge is 0.144 e. The van der Waals surface area contributed by atoms with Crippen LogP contribution in [0.4, 0.5) is 4.39 Å². The van der Waals surface area contributed by atoms with Crippen LogP contribution in [0.3, 0.4) is 0 Å². The third-order valence-corrected chi connectivity index (χ3v) is 2.03. The van der Waals surface area contributed by atoms with Crippen LogP contribution in [0.15, 0.2) is 28.7 Å². The average molecular weight is 230 g/mol. The highest BCUT2D eigenvalue weighted by Gasteiger charge is 2.00. The van der Waals surface area contributed by atoms with Gasteiger partial charge in [0.15, 0.2) is 0 Å². The van der Waals surface area contributed by atoms with Crippen molar-refractivity contribution in [3.63, 3.8) is 0 Å². The minimum atomic E-state index is -0.248. The molecule has 2 N–H and O–H groups in total. The third-order valence-electron chi connectivity index (χ3n) is 1.41. The van der Waals surface area contributed by atoms with Crippen molar-refractivity contribution in [3.8, 4) is 0 Å². The van der Waals surface area contributed by atoms with E-state index in [0.717, 1.165) is 0 Å². The highest BCUT2D eigenvalue weighted by molar-refractivity contribution is 9.10. The van der Waals surface area contributed by atoms with Crippen molar-refractivity contribution in [2.45, 2.75) is 0 Å². The van der Waals surface area contributed by atoms with E-state index >= 15 is 0 Å². The molecule has 0 aliphatic heterocycles. The summed E-state index contributed by atoms with van der Waals surface area (Å²) >= 11 is 3.10. The zero-order valence-electron chi connectivity index (χ0n) is 6.43. The van der Waals surface area contributed by atoms with E-state index in [9.17, 15) is 4.39 Å². The normalized spacial score (nSPS) is 10.9. The van der Waals surface area contributed by atoms with Crippen LogP contribution >= 0.6 is 15.9 Å². The molecule has 64 valence electrons. The van der Waals surface area contributed by atoms with Gasteiger partial charge in [-0.1, -0.05) is 24.3 Å². The molecule has 0 spiro atoms. The first kappa shape index (κ1) is 9.42. The standard InChI is InChI=1S/C9H9BrFN/c10-8-5-1-3-7(9(8)11)4-2-6-12/h1-5H,6,12H2/b4-2+. The van der Waals surface area contributed by atoms with Gasteiger partial charge in [0, 0.05) is 12.1 Å². The maximum Gasteiger partial charge on any atom is 0.144 e. The summed E-state index contributed by atoms with van der Waals surface area (Å²) in [4.78, 5) is 0. The van der Waals surface area contributed by atoms with Crippen molar-refractivity contribution in [1.82, 2.24) is 0 Å². The highest BCUT2D eigenvalue weighted by atomic mass is 79.9. The van der Waals surface area contributed by atoms with Crippen LogP contribution in [0.1, 0.15) is 5.56 Å². The first-order valence-corrected chi connectivity index (χ1v) is 4.35. The number of benzene rings is 1. The Morgan fingerprint density at radius 3 is 2.92 bits per heavy atom. The molecule has 0 aromatic heterocycles. The van der Waals surface area contributed by atoms with Gasteiger partial charge < -0.3 is 5.73 Å². The second-order valence-corrected chi connectivity index (χ2v) is 3.14. The van der Waals surface area contributed by atoms with E-state index in [2.05, 4.69) is 15.9 Å². The van der Waals surface area contributed by atoms with Crippen LogP contribution in [0.5, 0.6) is 0 Å². The molecular formula is C9H9BrFN. The Balaban J connectivity index is 3.00. The Morgan fingerprint density at radius 2 is 2.25 bits per heavy atom. The van der Waals surface area contributed by atoms with Crippen molar-refractivity contribution in [1.29, 1.82) is 0 Å². The lowest BCUT2D eigenvalue weighted by molar-refractivity contribution is 0.618. The number of nitrogens with two attached hydrogens (primary N) is 1. The molecule has 0 aliphatic rings. The minimum absolute atomic E-state index is 0.248. The molecule has 12 heavy (non-hydrogen) atoms. The van der Waals surface area contributed by atoms with Crippen molar-refractivity contribution >= 4 is 22.0 Å². The molecule has 3 heteroatoms. The van der Waals surface area contributed by atoms with E-state index in [4.69, 9.17) is 5.73 Å². The average Bonchev–Trinajstić information content (AvgIpc) is 2.08. The first-order valence-electron chi connectivity index (χ1n) is 3.56. The topological polar surface area (TPSA) is 26.0 Å². The molecule has 0 amide bonds. The van der Waals surface area contributed by atoms with E-state index < -0.39 is 0 Å². The van der Waals surface area contributed by atoms with Crippen LogP contribution < -0.4 is 5.73 Å². The second-order valence-electron chi connectivity index (χ2n) is 2.28. The molecule has 0 fully saturated rings. The quantitative estimate of drug-likeness (QED) is 0.830. The number of halogens is 2. The van der Waals surface area contributed by atoms with Crippen LogP contribution in [-0.4, -0.2) is 6.54 Å². The molecule has 1 nitrogen and oxygen atoms in total. The van der Waals surface area contributed by atoms with Crippen LogP contribution in [0.2, 0.25) is 0 Å². The fourth-order valence-electron chi connectivity index (χ4n) is 0.844. The molecule has 0 atom stereocenters. The highest BCUT2D eigenvalue weighted by Crippen LogP contribution is 2.19. The lowest BCUT2D eigenvalue weighted by Crippen LogP contribution is -1.92. The monoisotopic (exact) mass is 229 g/mol. The minimum Gasteiger partial charge on any atom is -0.327 e. The zero-order valence-corrected chi connectivity index (χ0v) is 8.01. The lowest BCUT2D eigenvalue weighted by atomic mass is 10.2. The second kappa shape index (κ2) is 4.38. The summed E-state index contributed by atoms with van der Waals surface area (Å²) in [6.45, 7) is 0.423. The lowest BCUT2D eigenvalue weighted by Gasteiger charge is -1.97. The van der Waals surface area contributed by atoms with Gasteiger partial charge in [0.25, 0.3) is 0 Å². The maximum absolute atomic E-state index is 13.2. The molecular weight excluding hydrogens is 221 g/mol. The van der Waals surface area contributed by atoms with Gasteiger partial charge >= 0.3 is 0 Å². The molecule has 0 unspecified atom stereocenters. The summed E-state index contributed by atoms with van der Waals surface area (Å²) < 4.78 is 13.7. The SMILES string of the molecule is NC/C=C/c1cccc(Br)c1F. The Bertz CT molecular complexity index is 297. The summed E-state index contributed by atoms with van der Waals surface area (Å²) in [7, 11) is 0. The number of rotatable bonds is 2. The molecule has 1 rings (SSSR count). The van der Waals surface area contributed by atoms with E-state index in [-0.39, 0.29) is 5.82 Å². The van der Waals surface area contributed by atoms with Crippen molar-refractivity contribution in [2.24, 2.45) is 5.73 Å². The molecule has 0 bridgehead atoms.